The fourth-order valence-electron chi connectivity index (χ4n) is 3.48. The third-order valence-electron chi connectivity index (χ3n) is 5.03. The van der Waals surface area contributed by atoms with Crippen LogP contribution in [0.5, 0.6) is 0 Å². The highest BCUT2D eigenvalue weighted by atomic mass is 32.1. The molecule has 2 amide bonds. The minimum atomic E-state index is -0.232. The van der Waals surface area contributed by atoms with Crippen LogP contribution in [0.4, 0.5) is 0 Å². The van der Waals surface area contributed by atoms with Crippen LogP contribution in [0.1, 0.15) is 26.3 Å². The first-order valence-corrected chi connectivity index (χ1v) is 11.5. The van der Waals surface area contributed by atoms with Crippen molar-refractivity contribution in [1.82, 2.24) is 19.7 Å². The predicted octanol–water partition coefficient (Wildman–Crippen LogP) is 3.31. The molecule has 3 rings (SSSR count). The number of amides is 2. The molecule has 1 N–H and O–H groups in total. The van der Waals surface area contributed by atoms with Gasteiger partial charge in [-0.05, 0) is 45.5 Å². The zero-order valence-corrected chi connectivity index (χ0v) is 19.7. The molecular formula is C22H30N4O2S2. The van der Waals surface area contributed by atoms with Crippen LogP contribution in [0.15, 0.2) is 29.6 Å². The van der Waals surface area contributed by atoms with E-state index in [9.17, 15) is 9.59 Å². The average Bonchev–Trinajstić information content (AvgIpc) is 3.02. The van der Waals surface area contributed by atoms with Crippen LogP contribution >= 0.6 is 23.6 Å². The zero-order valence-electron chi connectivity index (χ0n) is 18.1. The SMILES string of the molecule is Cc1ccc(-c2csc(=S)n2CC(=O)N2CCN(CC(=O)NC(C)(C)C)CC2)cc1. The van der Waals surface area contributed by atoms with Gasteiger partial charge in [0.05, 0.1) is 12.2 Å². The molecule has 1 aromatic carbocycles. The van der Waals surface area contributed by atoms with Crippen molar-refractivity contribution in [2.75, 3.05) is 32.7 Å². The van der Waals surface area contributed by atoms with Crippen molar-refractivity contribution in [1.29, 1.82) is 0 Å². The van der Waals surface area contributed by atoms with E-state index in [0.717, 1.165) is 11.3 Å². The molecule has 1 aromatic heterocycles. The van der Waals surface area contributed by atoms with Gasteiger partial charge < -0.3 is 14.8 Å². The molecule has 2 aromatic rings. The van der Waals surface area contributed by atoms with Crippen LogP contribution in [0.3, 0.4) is 0 Å². The Bertz CT molecular complexity index is 949. The van der Waals surface area contributed by atoms with Gasteiger partial charge in [-0.2, -0.15) is 0 Å². The molecule has 0 unspecified atom stereocenters. The van der Waals surface area contributed by atoms with E-state index in [-0.39, 0.29) is 23.9 Å². The van der Waals surface area contributed by atoms with E-state index in [4.69, 9.17) is 12.2 Å². The van der Waals surface area contributed by atoms with Gasteiger partial charge in [0.2, 0.25) is 11.8 Å². The van der Waals surface area contributed by atoms with E-state index in [1.807, 2.05) is 35.6 Å². The Labute approximate surface area is 187 Å². The van der Waals surface area contributed by atoms with E-state index in [0.29, 0.717) is 36.7 Å². The molecule has 1 aliphatic heterocycles. The molecule has 0 aliphatic carbocycles. The van der Waals surface area contributed by atoms with Gasteiger partial charge >= 0.3 is 0 Å². The van der Waals surface area contributed by atoms with Crippen molar-refractivity contribution in [3.8, 4) is 11.3 Å². The lowest BCUT2D eigenvalue weighted by molar-refractivity contribution is -0.133. The summed E-state index contributed by atoms with van der Waals surface area (Å²) in [5, 5.41) is 5.01. The fraction of sp³-hybridized carbons (Fsp3) is 0.500. The lowest BCUT2D eigenvalue weighted by atomic mass is 10.1. The minimum Gasteiger partial charge on any atom is -0.350 e. The molecule has 2 heterocycles. The Balaban J connectivity index is 1.58. The lowest BCUT2D eigenvalue weighted by Crippen LogP contribution is -2.53. The number of rotatable bonds is 5. The molecule has 1 saturated heterocycles. The average molecular weight is 447 g/mol. The molecule has 6 nitrogen and oxygen atoms in total. The highest BCUT2D eigenvalue weighted by Gasteiger charge is 2.24. The predicted molar refractivity (Wildman–Crippen MR) is 124 cm³/mol. The molecule has 30 heavy (non-hydrogen) atoms. The van der Waals surface area contributed by atoms with Gasteiger partial charge in [0.25, 0.3) is 0 Å². The number of nitrogens with zero attached hydrogens (tertiary/aromatic N) is 3. The Kier molecular flexibility index (Phi) is 7.10. The largest absolute Gasteiger partial charge is 0.350 e. The highest BCUT2D eigenvalue weighted by molar-refractivity contribution is 7.73. The summed E-state index contributed by atoms with van der Waals surface area (Å²) in [4.78, 5) is 29.0. The van der Waals surface area contributed by atoms with Crippen molar-refractivity contribution >= 4 is 35.4 Å². The number of piperazine rings is 1. The Hall–Kier alpha value is -2.03. The standard InChI is InChI=1S/C22H30N4O2S2/c1-16-5-7-17(8-6-16)18-15-30-21(29)26(18)14-20(28)25-11-9-24(10-12-25)13-19(27)23-22(2,3)4/h5-8,15H,9-14H2,1-4H3,(H,23,27). The number of hydrogen-bond acceptors (Lipinski definition) is 5. The molecule has 1 aliphatic rings. The molecule has 0 spiro atoms. The summed E-state index contributed by atoms with van der Waals surface area (Å²) in [5.74, 6) is 0.0891. The quantitative estimate of drug-likeness (QED) is 0.716. The number of thiazole rings is 1. The lowest BCUT2D eigenvalue weighted by Gasteiger charge is -2.35. The molecule has 0 bridgehead atoms. The summed E-state index contributed by atoms with van der Waals surface area (Å²) in [6.07, 6.45) is 0. The van der Waals surface area contributed by atoms with Gasteiger partial charge in [0.1, 0.15) is 6.54 Å². The summed E-state index contributed by atoms with van der Waals surface area (Å²) in [7, 11) is 0. The number of carbonyl (C=O) groups is 2. The van der Waals surface area contributed by atoms with E-state index in [1.165, 1.54) is 16.9 Å². The molecule has 0 radical (unpaired) electrons. The first-order chi connectivity index (χ1) is 14.1. The van der Waals surface area contributed by atoms with Gasteiger partial charge in [-0.1, -0.05) is 29.8 Å². The number of carbonyl (C=O) groups excluding carboxylic acids is 2. The fourth-order valence-corrected chi connectivity index (χ4v) is 4.55. The summed E-state index contributed by atoms with van der Waals surface area (Å²) in [5.41, 5.74) is 3.01. The number of hydrogen-bond donors (Lipinski definition) is 1. The number of aryl methyl sites for hydroxylation is 1. The minimum absolute atomic E-state index is 0.0228. The van der Waals surface area contributed by atoms with Crippen molar-refractivity contribution in [3.05, 3.63) is 39.2 Å². The summed E-state index contributed by atoms with van der Waals surface area (Å²) in [6, 6.07) is 8.26. The smallest absolute Gasteiger partial charge is 0.242 e. The van der Waals surface area contributed by atoms with E-state index in [2.05, 4.69) is 41.4 Å². The topological polar surface area (TPSA) is 57.6 Å². The molecule has 1 fully saturated rings. The van der Waals surface area contributed by atoms with Gasteiger partial charge in [-0.25, -0.2) is 0 Å². The normalized spacial score (nSPS) is 15.3. The summed E-state index contributed by atoms with van der Waals surface area (Å²) < 4.78 is 2.63. The van der Waals surface area contributed by atoms with E-state index >= 15 is 0 Å². The van der Waals surface area contributed by atoms with Crippen LogP contribution in [-0.2, 0) is 16.1 Å². The molecule has 8 heteroatoms. The first-order valence-electron chi connectivity index (χ1n) is 10.2. The second kappa shape index (κ2) is 9.41. The second-order valence-corrected chi connectivity index (χ2v) is 10.3. The maximum Gasteiger partial charge on any atom is 0.242 e. The molecule has 0 saturated carbocycles. The third-order valence-corrected chi connectivity index (χ3v) is 6.30. The van der Waals surface area contributed by atoms with Crippen LogP contribution in [0.25, 0.3) is 11.3 Å². The number of benzene rings is 1. The van der Waals surface area contributed by atoms with Crippen LogP contribution in [-0.4, -0.2) is 64.4 Å². The van der Waals surface area contributed by atoms with Gasteiger partial charge in [-0.3, -0.25) is 14.5 Å². The Morgan fingerprint density at radius 1 is 1.07 bits per heavy atom. The van der Waals surface area contributed by atoms with Crippen molar-refractivity contribution in [3.63, 3.8) is 0 Å². The van der Waals surface area contributed by atoms with Crippen LogP contribution in [0, 0.1) is 10.9 Å². The van der Waals surface area contributed by atoms with Crippen LogP contribution in [0.2, 0.25) is 0 Å². The second-order valence-electron chi connectivity index (χ2n) is 8.79. The third kappa shape index (κ3) is 6.00. The monoisotopic (exact) mass is 446 g/mol. The van der Waals surface area contributed by atoms with Gasteiger partial charge in [0, 0.05) is 37.1 Å². The molecule has 0 atom stereocenters. The van der Waals surface area contributed by atoms with Crippen molar-refractivity contribution in [2.45, 2.75) is 39.8 Å². The zero-order chi connectivity index (χ0) is 21.9. The molecule has 162 valence electrons. The van der Waals surface area contributed by atoms with Gasteiger partial charge in [0.15, 0.2) is 3.95 Å². The number of nitrogens with one attached hydrogen (secondary N) is 1. The van der Waals surface area contributed by atoms with Crippen molar-refractivity contribution < 1.29 is 9.59 Å². The van der Waals surface area contributed by atoms with E-state index < -0.39 is 0 Å². The number of aromatic nitrogens is 1. The first kappa shape index (κ1) is 22.7. The maximum absolute atomic E-state index is 12.9. The maximum atomic E-state index is 12.9. The van der Waals surface area contributed by atoms with E-state index in [1.54, 1.807) is 0 Å². The highest BCUT2D eigenvalue weighted by Crippen LogP contribution is 2.24. The Morgan fingerprint density at radius 2 is 1.70 bits per heavy atom. The van der Waals surface area contributed by atoms with Gasteiger partial charge in [-0.15, -0.1) is 11.3 Å². The molecular weight excluding hydrogens is 416 g/mol. The van der Waals surface area contributed by atoms with Crippen LogP contribution < -0.4 is 5.32 Å². The van der Waals surface area contributed by atoms with Crippen molar-refractivity contribution in [2.24, 2.45) is 0 Å². The Morgan fingerprint density at radius 3 is 2.30 bits per heavy atom. The summed E-state index contributed by atoms with van der Waals surface area (Å²) >= 11 is 6.97. The summed E-state index contributed by atoms with van der Waals surface area (Å²) in [6.45, 7) is 11.2.